The van der Waals surface area contributed by atoms with Crippen LogP contribution >= 0.6 is 0 Å². The van der Waals surface area contributed by atoms with E-state index >= 15 is 0 Å². The topological polar surface area (TPSA) is 92.0 Å². The summed E-state index contributed by atoms with van der Waals surface area (Å²) in [4.78, 5) is 22.1. The van der Waals surface area contributed by atoms with Crippen LogP contribution in [0.5, 0.6) is 0 Å². The van der Waals surface area contributed by atoms with Gasteiger partial charge < -0.3 is 20.3 Å². The first-order valence-electron chi connectivity index (χ1n) is 16.3. The number of hydrogen-bond donors (Lipinski definition) is 2. The van der Waals surface area contributed by atoms with E-state index < -0.39 is 17.6 Å². The molecule has 0 radical (unpaired) electrons. The number of hydrogen-bond acceptors (Lipinski definition) is 7. The van der Waals surface area contributed by atoms with Gasteiger partial charge in [0.15, 0.2) is 5.65 Å². The van der Waals surface area contributed by atoms with Crippen molar-refractivity contribution in [2.24, 2.45) is 0 Å². The number of likely N-dealkylation sites (N-methyl/N-ethyl adjacent to an activating group) is 1. The van der Waals surface area contributed by atoms with Gasteiger partial charge in [-0.3, -0.25) is 18.8 Å². The normalized spacial score (nSPS) is 15.5. The van der Waals surface area contributed by atoms with E-state index in [0.29, 0.717) is 43.1 Å². The number of rotatable bonds is 9. The van der Waals surface area contributed by atoms with Crippen LogP contribution in [0.1, 0.15) is 45.2 Å². The lowest BCUT2D eigenvalue weighted by atomic mass is 10.0. The zero-order valence-electron chi connectivity index (χ0n) is 28.4. The summed E-state index contributed by atoms with van der Waals surface area (Å²) in [6.07, 6.45) is 2.59. The van der Waals surface area contributed by atoms with Crippen LogP contribution in [0.2, 0.25) is 0 Å². The number of methoxy groups -OCH3 is 1. The standard InChI is InChI=1S/C37H39F3N8O2/c1-25-7-8-28(36(49)44-30-11-9-29(33(19-30)37(38,39)40)23-46-15-14-45(3)26(2)22-46)18-27(25)10-12-32-21-41-35-34(6-5-13-48(32)35)43-31-20-42-47(24-31)16-17-50-4/h5-9,11,13,18-21,24,26,43H,14-17,22-23H2,1-4H3,(H,44,49). The molecule has 50 heavy (non-hydrogen) atoms. The number of nitrogens with zero attached hydrogens (tertiary/aromatic N) is 6. The fourth-order valence-corrected chi connectivity index (χ4v) is 5.89. The fourth-order valence-electron chi connectivity index (χ4n) is 5.89. The molecule has 6 rings (SSSR count). The van der Waals surface area contributed by atoms with Gasteiger partial charge in [0.1, 0.15) is 5.69 Å². The zero-order chi connectivity index (χ0) is 35.4. The molecule has 0 bridgehead atoms. The molecule has 4 heterocycles. The maximum Gasteiger partial charge on any atom is 0.416 e. The van der Waals surface area contributed by atoms with E-state index in [0.717, 1.165) is 29.5 Å². The van der Waals surface area contributed by atoms with Gasteiger partial charge in [0.2, 0.25) is 0 Å². The van der Waals surface area contributed by atoms with Crippen LogP contribution in [0.4, 0.5) is 30.2 Å². The average molecular weight is 685 g/mol. The Morgan fingerprint density at radius 2 is 1.92 bits per heavy atom. The van der Waals surface area contributed by atoms with Crippen LogP contribution in [0.15, 0.2) is 73.3 Å². The van der Waals surface area contributed by atoms with Crippen molar-refractivity contribution in [2.75, 3.05) is 51.0 Å². The van der Waals surface area contributed by atoms with E-state index in [9.17, 15) is 18.0 Å². The van der Waals surface area contributed by atoms with Crippen LogP contribution in [0.3, 0.4) is 0 Å². The summed E-state index contributed by atoms with van der Waals surface area (Å²) in [5.74, 6) is 5.77. The summed E-state index contributed by atoms with van der Waals surface area (Å²) >= 11 is 0. The predicted molar refractivity (Wildman–Crippen MR) is 187 cm³/mol. The average Bonchev–Trinajstić information content (AvgIpc) is 3.72. The van der Waals surface area contributed by atoms with Crippen LogP contribution in [0, 0.1) is 18.8 Å². The molecule has 1 aliphatic heterocycles. The number of aryl methyl sites for hydroxylation is 1. The van der Waals surface area contributed by atoms with Gasteiger partial charge in [-0.15, -0.1) is 0 Å². The van der Waals surface area contributed by atoms with Crippen LogP contribution in [-0.4, -0.2) is 81.3 Å². The lowest BCUT2D eigenvalue weighted by Gasteiger charge is -2.38. The summed E-state index contributed by atoms with van der Waals surface area (Å²) in [7, 11) is 3.66. The van der Waals surface area contributed by atoms with Crippen LogP contribution < -0.4 is 10.6 Å². The number of alkyl halides is 3. The molecule has 0 aliphatic carbocycles. The van der Waals surface area contributed by atoms with E-state index in [1.54, 1.807) is 42.4 Å². The molecule has 1 fully saturated rings. The second kappa shape index (κ2) is 14.8. The third kappa shape index (κ3) is 8.00. The Labute approximate surface area is 288 Å². The smallest absolute Gasteiger partial charge is 0.383 e. The van der Waals surface area contributed by atoms with E-state index in [1.165, 1.54) is 12.1 Å². The third-order valence-electron chi connectivity index (χ3n) is 8.91. The first-order chi connectivity index (χ1) is 24.0. The minimum atomic E-state index is -4.57. The summed E-state index contributed by atoms with van der Waals surface area (Å²) in [5.41, 5.74) is 4.14. The third-order valence-corrected chi connectivity index (χ3v) is 8.91. The molecule has 0 spiro atoms. The second-order valence-electron chi connectivity index (χ2n) is 12.5. The van der Waals surface area contributed by atoms with Crippen molar-refractivity contribution in [1.82, 2.24) is 29.0 Å². The van der Waals surface area contributed by atoms with E-state index in [-0.39, 0.29) is 29.4 Å². The van der Waals surface area contributed by atoms with Crippen molar-refractivity contribution in [2.45, 2.75) is 39.2 Å². The van der Waals surface area contributed by atoms with Crippen molar-refractivity contribution in [3.63, 3.8) is 0 Å². The molecular weight excluding hydrogens is 645 g/mol. The quantitative estimate of drug-likeness (QED) is 0.183. The van der Waals surface area contributed by atoms with Crippen molar-refractivity contribution < 1.29 is 22.7 Å². The molecule has 1 aliphatic rings. The minimum Gasteiger partial charge on any atom is -0.383 e. The maximum atomic E-state index is 14.2. The number of anilines is 3. The van der Waals surface area contributed by atoms with E-state index in [1.807, 2.05) is 47.8 Å². The molecule has 260 valence electrons. The summed E-state index contributed by atoms with van der Waals surface area (Å²) in [6, 6.07) is 13.1. The Morgan fingerprint density at radius 3 is 2.70 bits per heavy atom. The highest BCUT2D eigenvalue weighted by Gasteiger charge is 2.34. The number of piperazine rings is 1. The number of imidazole rings is 1. The first-order valence-corrected chi connectivity index (χ1v) is 16.3. The fraction of sp³-hybridized carbons (Fsp3) is 0.324. The minimum absolute atomic E-state index is 0.0727. The Hall–Kier alpha value is -5.16. The van der Waals surface area contributed by atoms with Gasteiger partial charge in [-0.25, -0.2) is 4.98 Å². The van der Waals surface area contributed by atoms with Gasteiger partial charge in [0.05, 0.1) is 42.5 Å². The van der Waals surface area contributed by atoms with E-state index in [2.05, 4.69) is 44.4 Å². The summed E-state index contributed by atoms with van der Waals surface area (Å²) in [5, 5.41) is 10.3. The molecule has 1 unspecified atom stereocenters. The largest absolute Gasteiger partial charge is 0.416 e. The Kier molecular flexibility index (Phi) is 10.2. The molecule has 10 nitrogen and oxygen atoms in total. The monoisotopic (exact) mass is 684 g/mol. The Balaban J connectivity index is 1.18. The number of ether oxygens (including phenoxy) is 1. The van der Waals surface area contributed by atoms with Crippen molar-refractivity contribution in [3.8, 4) is 11.8 Å². The second-order valence-corrected chi connectivity index (χ2v) is 12.5. The van der Waals surface area contributed by atoms with Gasteiger partial charge in [-0.2, -0.15) is 18.3 Å². The van der Waals surface area contributed by atoms with Crippen LogP contribution in [0.25, 0.3) is 5.65 Å². The van der Waals surface area contributed by atoms with Gasteiger partial charge >= 0.3 is 6.18 Å². The van der Waals surface area contributed by atoms with Crippen LogP contribution in [-0.2, 0) is 24.0 Å². The lowest BCUT2D eigenvalue weighted by molar-refractivity contribution is -0.138. The number of carbonyl (C=O) groups is 1. The molecule has 2 N–H and O–H groups in total. The molecule has 3 aromatic heterocycles. The van der Waals surface area contributed by atoms with Crippen molar-refractivity contribution in [3.05, 3.63) is 107 Å². The number of amides is 1. The molecule has 5 aromatic rings. The van der Waals surface area contributed by atoms with Gasteiger partial charge in [0.25, 0.3) is 5.91 Å². The number of nitrogens with one attached hydrogen (secondary N) is 2. The number of benzene rings is 2. The molecule has 13 heteroatoms. The number of fused-ring (bicyclic) bond motifs is 1. The Bertz CT molecular complexity index is 2060. The molecule has 2 aromatic carbocycles. The van der Waals surface area contributed by atoms with Crippen molar-refractivity contribution in [1.29, 1.82) is 0 Å². The number of carbonyl (C=O) groups excluding carboxylic acids is 1. The Morgan fingerprint density at radius 1 is 1.08 bits per heavy atom. The zero-order valence-corrected chi connectivity index (χ0v) is 28.4. The lowest BCUT2D eigenvalue weighted by Crippen LogP contribution is -2.49. The number of halogens is 3. The maximum absolute atomic E-state index is 14.2. The number of aromatic nitrogens is 4. The summed E-state index contributed by atoms with van der Waals surface area (Å²) < 4.78 is 51.3. The highest BCUT2D eigenvalue weighted by Crippen LogP contribution is 2.35. The predicted octanol–water partition coefficient (Wildman–Crippen LogP) is 6.04. The van der Waals surface area contributed by atoms with E-state index in [4.69, 9.17) is 4.74 Å². The summed E-state index contributed by atoms with van der Waals surface area (Å²) in [6.45, 7) is 7.49. The number of pyridine rings is 1. The first kappa shape index (κ1) is 34.7. The van der Waals surface area contributed by atoms with Gasteiger partial charge in [-0.05, 0) is 74.3 Å². The highest BCUT2D eigenvalue weighted by atomic mass is 19.4. The van der Waals surface area contributed by atoms with Gasteiger partial charge in [0, 0.05) is 68.5 Å². The molecule has 0 saturated carbocycles. The SMILES string of the molecule is COCCn1cc(Nc2cccn3c(C#Cc4cc(C(=O)Nc5ccc(CN6CCN(C)C(C)C6)c(C(F)(F)F)c5)ccc4C)cnc23)cn1. The molecule has 1 atom stereocenters. The molecular formula is C37H39F3N8O2. The molecule has 1 saturated heterocycles. The molecule has 1 amide bonds. The van der Waals surface area contributed by atoms with Crippen molar-refractivity contribution >= 4 is 28.6 Å². The highest BCUT2D eigenvalue weighted by molar-refractivity contribution is 6.04. The van der Waals surface area contributed by atoms with Gasteiger partial charge in [-0.1, -0.05) is 18.1 Å².